The molecule has 0 spiro atoms. The van der Waals surface area contributed by atoms with E-state index in [-0.39, 0.29) is 6.03 Å². The van der Waals surface area contributed by atoms with Gasteiger partial charge in [-0.15, -0.1) is 11.3 Å². The van der Waals surface area contributed by atoms with Crippen molar-refractivity contribution in [2.45, 2.75) is 13.0 Å². The first kappa shape index (κ1) is 13.1. The Kier molecular flexibility index (Phi) is 3.72. The summed E-state index contributed by atoms with van der Waals surface area (Å²) in [5.41, 5.74) is 1.78. The minimum atomic E-state index is -0.478. The van der Waals surface area contributed by atoms with Gasteiger partial charge in [0, 0.05) is 5.70 Å². The maximum atomic E-state index is 11.8. The zero-order chi connectivity index (χ0) is 13.3. The first-order chi connectivity index (χ1) is 8.52. The van der Waals surface area contributed by atoms with Gasteiger partial charge in [-0.3, -0.25) is 0 Å². The van der Waals surface area contributed by atoms with Crippen molar-refractivity contribution in [2.75, 3.05) is 7.11 Å². The highest BCUT2D eigenvalue weighted by atomic mass is 79.9. The number of thiophene rings is 1. The Bertz CT molecular complexity index is 538. The molecule has 0 aliphatic carbocycles. The molecule has 96 valence electrons. The SMILES string of the molecule is COC(=O)C1=C(C)NC(=O)N[C@H]1c1csc(Br)c1. The number of nitrogens with one attached hydrogen (secondary N) is 2. The zero-order valence-corrected chi connectivity index (χ0v) is 12.1. The van der Waals surface area contributed by atoms with Gasteiger partial charge in [0.25, 0.3) is 0 Å². The number of hydrogen-bond donors (Lipinski definition) is 2. The number of esters is 1. The fourth-order valence-electron chi connectivity index (χ4n) is 1.80. The standard InChI is InChI=1S/C11H11BrN2O3S/c1-5-8(10(15)17-2)9(14-11(16)13-5)6-3-7(12)18-4-6/h3-4,9H,1-2H3,(H2,13,14,16)/t9-/m0/s1. The number of carbonyl (C=O) groups is 2. The van der Waals surface area contributed by atoms with Gasteiger partial charge in [0.1, 0.15) is 0 Å². The normalized spacial score (nSPS) is 19.3. The van der Waals surface area contributed by atoms with Crippen LogP contribution >= 0.6 is 27.3 Å². The topological polar surface area (TPSA) is 67.4 Å². The molecule has 0 saturated heterocycles. The second-order valence-corrected chi connectivity index (χ2v) is 6.04. The largest absolute Gasteiger partial charge is 0.466 e. The van der Waals surface area contributed by atoms with E-state index in [1.165, 1.54) is 18.4 Å². The summed E-state index contributed by atoms with van der Waals surface area (Å²) in [7, 11) is 1.32. The minimum Gasteiger partial charge on any atom is -0.466 e. The molecule has 1 aliphatic heterocycles. The summed E-state index contributed by atoms with van der Waals surface area (Å²) in [5.74, 6) is -0.452. The molecule has 1 aliphatic rings. The third-order valence-electron chi connectivity index (χ3n) is 2.60. The number of urea groups is 1. The molecule has 2 heterocycles. The van der Waals surface area contributed by atoms with E-state index in [0.29, 0.717) is 11.3 Å². The molecule has 7 heteroatoms. The Morgan fingerprint density at radius 2 is 2.28 bits per heavy atom. The molecule has 2 amide bonds. The molecule has 0 radical (unpaired) electrons. The summed E-state index contributed by atoms with van der Waals surface area (Å²) in [5, 5.41) is 7.18. The van der Waals surface area contributed by atoms with Crippen LogP contribution in [0.25, 0.3) is 0 Å². The summed E-state index contributed by atoms with van der Waals surface area (Å²) in [6.07, 6.45) is 0. The summed E-state index contributed by atoms with van der Waals surface area (Å²) in [6, 6.07) is 1.07. The lowest BCUT2D eigenvalue weighted by atomic mass is 9.98. The van der Waals surface area contributed by atoms with Gasteiger partial charge in [0.05, 0.1) is 22.5 Å². The van der Waals surface area contributed by atoms with Crippen LogP contribution in [0.3, 0.4) is 0 Å². The maximum absolute atomic E-state index is 11.8. The van der Waals surface area contributed by atoms with Crippen molar-refractivity contribution in [3.05, 3.63) is 32.1 Å². The monoisotopic (exact) mass is 330 g/mol. The molecular formula is C11H11BrN2O3S. The van der Waals surface area contributed by atoms with Crippen molar-refractivity contribution in [3.8, 4) is 0 Å². The van der Waals surface area contributed by atoms with Crippen molar-refractivity contribution in [1.82, 2.24) is 10.6 Å². The molecule has 0 fully saturated rings. The third-order valence-corrected chi connectivity index (χ3v) is 4.12. The summed E-state index contributed by atoms with van der Waals surface area (Å²) in [4.78, 5) is 23.3. The van der Waals surface area contributed by atoms with E-state index in [9.17, 15) is 9.59 Å². The van der Waals surface area contributed by atoms with Crippen LogP contribution in [0.15, 0.2) is 26.5 Å². The lowest BCUT2D eigenvalue weighted by molar-refractivity contribution is -0.136. The Labute approximate surface area is 116 Å². The number of halogens is 1. The van der Waals surface area contributed by atoms with Crippen LogP contribution in [0.1, 0.15) is 18.5 Å². The van der Waals surface area contributed by atoms with E-state index in [2.05, 4.69) is 26.6 Å². The molecule has 5 nitrogen and oxygen atoms in total. The average Bonchev–Trinajstić information content (AvgIpc) is 2.74. The van der Waals surface area contributed by atoms with Gasteiger partial charge < -0.3 is 15.4 Å². The van der Waals surface area contributed by atoms with Crippen LogP contribution in [-0.4, -0.2) is 19.1 Å². The van der Waals surface area contributed by atoms with Crippen LogP contribution in [0.2, 0.25) is 0 Å². The molecule has 0 unspecified atom stereocenters. The van der Waals surface area contributed by atoms with Crippen LogP contribution in [-0.2, 0) is 9.53 Å². The molecule has 0 bridgehead atoms. The highest BCUT2D eigenvalue weighted by Crippen LogP contribution is 2.32. The average molecular weight is 331 g/mol. The molecule has 1 atom stereocenters. The molecule has 1 aromatic heterocycles. The van der Waals surface area contributed by atoms with E-state index in [1.807, 2.05) is 11.4 Å². The van der Waals surface area contributed by atoms with Gasteiger partial charge in [-0.25, -0.2) is 9.59 Å². The zero-order valence-electron chi connectivity index (χ0n) is 9.74. The van der Waals surface area contributed by atoms with Crippen molar-refractivity contribution < 1.29 is 14.3 Å². The second kappa shape index (κ2) is 5.11. The van der Waals surface area contributed by atoms with Crippen molar-refractivity contribution >= 4 is 39.3 Å². The van der Waals surface area contributed by atoms with Crippen molar-refractivity contribution in [3.63, 3.8) is 0 Å². The summed E-state index contributed by atoms with van der Waals surface area (Å²) >= 11 is 4.85. The van der Waals surface area contributed by atoms with Crippen LogP contribution in [0.5, 0.6) is 0 Å². The number of allylic oxidation sites excluding steroid dienone is 1. The van der Waals surface area contributed by atoms with E-state index in [0.717, 1.165) is 9.35 Å². The highest BCUT2D eigenvalue weighted by molar-refractivity contribution is 9.11. The fourth-order valence-corrected chi connectivity index (χ4v) is 3.00. The predicted octanol–water partition coefficient (Wildman–Crippen LogP) is 2.31. The highest BCUT2D eigenvalue weighted by Gasteiger charge is 2.32. The first-order valence-corrected chi connectivity index (χ1v) is 6.80. The van der Waals surface area contributed by atoms with Gasteiger partial charge in [-0.05, 0) is 39.9 Å². The van der Waals surface area contributed by atoms with Crippen molar-refractivity contribution in [2.24, 2.45) is 0 Å². The number of hydrogen-bond acceptors (Lipinski definition) is 4. The van der Waals surface area contributed by atoms with E-state index in [1.54, 1.807) is 6.92 Å². The lowest BCUT2D eigenvalue weighted by Crippen LogP contribution is -2.45. The fraction of sp³-hybridized carbons (Fsp3) is 0.273. The number of rotatable bonds is 2. The molecule has 1 aromatic rings. The van der Waals surface area contributed by atoms with Gasteiger partial charge in [-0.2, -0.15) is 0 Å². The Hall–Kier alpha value is -1.34. The second-order valence-electron chi connectivity index (χ2n) is 3.75. The number of ether oxygens (including phenoxy) is 1. The molecule has 2 N–H and O–H groups in total. The molecule has 18 heavy (non-hydrogen) atoms. The maximum Gasteiger partial charge on any atom is 0.337 e. The van der Waals surface area contributed by atoms with Gasteiger partial charge in [0.2, 0.25) is 0 Å². The van der Waals surface area contributed by atoms with Gasteiger partial charge >= 0.3 is 12.0 Å². The Morgan fingerprint density at radius 1 is 1.56 bits per heavy atom. The minimum absolute atomic E-state index is 0.326. The van der Waals surface area contributed by atoms with Gasteiger partial charge in [0.15, 0.2) is 0 Å². The summed E-state index contributed by atoms with van der Waals surface area (Å²) < 4.78 is 5.69. The predicted molar refractivity (Wildman–Crippen MR) is 71.1 cm³/mol. The van der Waals surface area contributed by atoms with Crippen molar-refractivity contribution in [1.29, 1.82) is 0 Å². The molecule has 0 saturated carbocycles. The molecular weight excluding hydrogens is 320 g/mol. The molecule has 0 aromatic carbocycles. The number of methoxy groups -OCH3 is 1. The van der Waals surface area contributed by atoms with E-state index in [4.69, 9.17) is 4.74 Å². The van der Waals surface area contributed by atoms with E-state index < -0.39 is 12.0 Å². The third kappa shape index (κ3) is 2.41. The number of carbonyl (C=O) groups excluding carboxylic acids is 2. The smallest absolute Gasteiger partial charge is 0.337 e. The quantitative estimate of drug-likeness (QED) is 0.817. The van der Waals surface area contributed by atoms with Crippen LogP contribution in [0, 0.1) is 0 Å². The number of amides is 2. The van der Waals surface area contributed by atoms with Crippen LogP contribution < -0.4 is 10.6 Å². The van der Waals surface area contributed by atoms with Crippen LogP contribution in [0.4, 0.5) is 4.79 Å². The Morgan fingerprint density at radius 3 is 2.83 bits per heavy atom. The van der Waals surface area contributed by atoms with E-state index >= 15 is 0 Å². The first-order valence-electron chi connectivity index (χ1n) is 5.13. The Balaban J connectivity index is 2.45. The molecule has 2 rings (SSSR count). The summed E-state index contributed by atoms with van der Waals surface area (Å²) in [6.45, 7) is 1.68. The van der Waals surface area contributed by atoms with Gasteiger partial charge in [-0.1, -0.05) is 0 Å². The lowest BCUT2D eigenvalue weighted by Gasteiger charge is -2.26.